The molecule has 0 radical (unpaired) electrons. The van der Waals surface area contributed by atoms with Gasteiger partial charge in [0.2, 0.25) is 5.88 Å². The molecule has 1 saturated carbocycles. The Morgan fingerprint density at radius 1 is 1.50 bits per heavy atom. The fraction of sp³-hybridized carbons (Fsp3) is 0.615. The number of ether oxygens (including phenoxy) is 1. The van der Waals surface area contributed by atoms with Crippen LogP contribution in [0.15, 0.2) is 6.33 Å². The van der Waals surface area contributed by atoms with E-state index in [0.717, 1.165) is 23.3 Å². The largest absolute Gasteiger partial charge is 0.479 e. The lowest BCUT2D eigenvalue weighted by Gasteiger charge is -2.20. The van der Waals surface area contributed by atoms with Crippen LogP contribution in [0.25, 0.3) is 11.2 Å². The molecule has 1 fully saturated rings. The molecule has 0 spiro atoms. The molecule has 0 aliphatic heterocycles. The first kappa shape index (κ1) is 13.9. The molecule has 2 atom stereocenters. The van der Waals surface area contributed by atoms with Crippen molar-refractivity contribution < 1.29 is 4.74 Å². The first-order valence-corrected chi connectivity index (χ1v) is 8.32. The summed E-state index contributed by atoms with van der Waals surface area (Å²) in [6.45, 7) is 2.21. The Hall–Kier alpha value is -1.08. The maximum absolute atomic E-state index is 5.51. The number of hydrogen-bond donors (Lipinski definition) is 1. The topological polar surface area (TPSA) is 55.7 Å². The van der Waals surface area contributed by atoms with Crippen molar-refractivity contribution in [1.29, 1.82) is 0 Å². The second kappa shape index (κ2) is 5.73. The number of H-pyrrole nitrogens is 1. The monoisotopic (exact) mass is 310 g/mol. The highest BCUT2D eigenvalue weighted by Crippen LogP contribution is 2.40. The van der Waals surface area contributed by atoms with E-state index in [1.165, 1.54) is 19.2 Å². The van der Waals surface area contributed by atoms with Crippen LogP contribution in [0.4, 0.5) is 0 Å². The summed E-state index contributed by atoms with van der Waals surface area (Å²) in [6.07, 6.45) is 5.20. The molecule has 0 bridgehead atoms. The predicted octanol–water partition coefficient (Wildman–Crippen LogP) is 3.34. The number of imidazole rings is 1. The summed E-state index contributed by atoms with van der Waals surface area (Å²) in [7, 11) is 1.61. The van der Waals surface area contributed by atoms with Gasteiger partial charge in [0.15, 0.2) is 10.4 Å². The van der Waals surface area contributed by atoms with Crippen molar-refractivity contribution in [3.05, 3.63) is 11.1 Å². The standard InChI is InChI=1S/C13H18N4OS2/c1-3-20-9-6-4-5-8(9)17-11-10(16-13(17)19)12(18-2)15-7-14-11/h7-9H,3-6H2,1-2H3,(H,16,19). The second-order valence-electron chi connectivity index (χ2n) is 4.87. The zero-order chi connectivity index (χ0) is 14.1. The highest BCUT2D eigenvalue weighted by molar-refractivity contribution is 7.99. The number of fused-ring (bicyclic) bond motifs is 1. The third-order valence-corrected chi connectivity index (χ3v) is 5.40. The van der Waals surface area contributed by atoms with E-state index in [-0.39, 0.29) is 0 Å². The highest BCUT2D eigenvalue weighted by atomic mass is 32.2. The molecule has 0 aromatic carbocycles. The molecule has 1 N–H and O–H groups in total. The molecule has 1 aliphatic rings. The molecule has 2 heterocycles. The van der Waals surface area contributed by atoms with E-state index in [9.17, 15) is 0 Å². The molecule has 2 aromatic heterocycles. The molecule has 2 unspecified atom stereocenters. The van der Waals surface area contributed by atoms with Crippen LogP contribution >= 0.6 is 24.0 Å². The number of methoxy groups -OCH3 is 1. The molecule has 108 valence electrons. The Bertz CT molecular complexity index is 666. The average Bonchev–Trinajstić information content (AvgIpc) is 3.01. The molecular formula is C13H18N4OS2. The first-order valence-electron chi connectivity index (χ1n) is 6.87. The smallest absolute Gasteiger partial charge is 0.242 e. The number of hydrogen-bond acceptors (Lipinski definition) is 5. The molecular weight excluding hydrogens is 292 g/mol. The maximum atomic E-state index is 5.51. The fourth-order valence-electron chi connectivity index (χ4n) is 2.99. The van der Waals surface area contributed by atoms with Crippen molar-refractivity contribution in [2.24, 2.45) is 0 Å². The summed E-state index contributed by atoms with van der Waals surface area (Å²) >= 11 is 7.53. The molecule has 7 heteroatoms. The molecule has 0 amide bonds. The lowest BCUT2D eigenvalue weighted by atomic mass is 10.2. The van der Waals surface area contributed by atoms with Crippen LogP contribution in [-0.2, 0) is 0 Å². The lowest BCUT2D eigenvalue weighted by Crippen LogP contribution is -2.16. The van der Waals surface area contributed by atoms with Crippen molar-refractivity contribution in [2.45, 2.75) is 37.5 Å². The normalized spacial score (nSPS) is 22.5. The predicted molar refractivity (Wildman–Crippen MR) is 84.1 cm³/mol. The summed E-state index contributed by atoms with van der Waals surface area (Å²) in [4.78, 5) is 11.8. The quantitative estimate of drug-likeness (QED) is 0.878. The van der Waals surface area contributed by atoms with E-state index in [1.54, 1.807) is 7.11 Å². The average molecular weight is 310 g/mol. The van der Waals surface area contributed by atoms with Gasteiger partial charge in [-0.25, -0.2) is 4.98 Å². The van der Waals surface area contributed by atoms with Crippen molar-refractivity contribution in [1.82, 2.24) is 19.5 Å². The zero-order valence-corrected chi connectivity index (χ0v) is 13.3. The van der Waals surface area contributed by atoms with Gasteiger partial charge < -0.3 is 9.72 Å². The van der Waals surface area contributed by atoms with Crippen molar-refractivity contribution in [3.63, 3.8) is 0 Å². The minimum Gasteiger partial charge on any atom is -0.479 e. The van der Waals surface area contributed by atoms with Crippen LogP contribution in [0, 0.1) is 4.77 Å². The lowest BCUT2D eigenvalue weighted by molar-refractivity contribution is 0.401. The zero-order valence-electron chi connectivity index (χ0n) is 11.6. The Morgan fingerprint density at radius 2 is 2.35 bits per heavy atom. The SMILES string of the molecule is CCSC1CCCC1n1c(=S)[nH]c2c(OC)ncnc21. The third kappa shape index (κ3) is 2.22. The second-order valence-corrected chi connectivity index (χ2v) is 6.78. The van der Waals surface area contributed by atoms with Gasteiger partial charge in [0, 0.05) is 11.3 Å². The molecule has 0 saturated heterocycles. The minimum absolute atomic E-state index is 0.417. The number of thioether (sulfide) groups is 1. The summed E-state index contributed by atoms with van der Waals surface area (Å²) in [6, 6.07) is 0.417. The van der Waals surface area contributed by atoms with Crippen molar-refractivity contribution >= 4 is 35.1 Å². The van der Waals surface area contributed by atoms with Crippen LogP contribution in [-0.4, -0.2) is 37.6 Å². The molecule has 3 rings (SSSR count). The first-order chi connectivity index (χ1) is 9.76. The summed E-state index contributed by atoms with van der Waals surface area (Å²) in [5.74, 6) is 1.69. The van der Waals surface area contributed by atoms with Gasteiger partial charge in [-0.15, -0.1) is 0 Å². The summed E-state index contributed by atoms with van der Waals surface area (Å²) < 4.78 is 8.16. The van der Waals surface area contributed by atoms with E-state index in [2.05, 4.69) is 26.4 Å². The van der Waals surface area contributed by atoms with E-state index < -0.39 is 0 Å². The van der Waals surface area contributed by atoms with Crippen LogP contribution < -0.4 is 4.74 Å². The van der Waals surface area contributed by atoms with Gasteiger partial charge in [-0.1, -0.05) is 13.3 Å². The Balaban J connectivity index is 2.12. The van der Waals surface area contributed by atoms with Crippen molar-refractivity contribution in [3.8, 4) is 5.88 Å². The highest BCUT2D eigenvalue weighted by Gasteiger charge is 2.31. The Labute approximate surface area is 127 Å². The number of aromatic nitrogens is 4. The Kier molecular flexibility index (Phi) is 3.98. The van der Waals surface area contributed by atoms with Crippen LogP contribution in [0.5, 0.6) is 5.88 Å². The van der Waals surface area contributed by atoms with Crippen LogP contribution in [0.3, 0.4) is 0 Å². The van der Waals surface area contributed by atoms with E-state index >= 15 is 0 Å². The Morgan fingerprint density at radius 3 is 3.10 bits per heavy atom. The number of rotatable bonds is 4. The third-order valence-electron chi connectivity index (χ3n) is 3.79. The molecule has 5 nitrogen and oxygen atoms in total. The van der Waals surface area contributed by atoms with Gasteiger partial charge in [-0.3, -0.25) is 4.57 Å². The van der Waals surface area contributed by atoms with E-state index in [1.807, 2.05) is 11.8 Å². The van der Waals surface area contributed by atoms with Gasteiger partial charge >= 0.3 is 0 Å². The van der Waals surface area contributed by atoms with Crippen LogP contribution in [0.1, 0.15) is 32.2 Å². The molecule has 2 aromatic rings. The van der Waals surface area contributed by atoms with Crippen LogP contribution in [0.2, 0.25) is 0 Å². The fourth-order valence-corrected chi connectivity index (χ4v) is 4.55. The van der Waals surface area contributed by atoms with Gasteiger partial charge in [-0.05, 0) is 30.8 Å². The van der Waals surface area contributed by atoms with E-state index in [0.29, 0.717) is 21.9 Å². The number of aromatic amines is 1. The van der Waals surface area contributed by atoms with Crippen molar-refractivity contribution in [2.75, 3.05) is 12.9 Å². The summed E-state index contributed by atoms with van der Waals surface area (Å²) in [5, 5.41) is 0.617. The number of nitrogens with zero attached hydrogens (tertiary/aromatic N) is 3. The maximum Gasteiger partial charge on any atom is 0.242 e. The van der Waals surface area contributed by atoms with Gasteiger partial charge in [0.1, 0.15) is 11.8 Å². The molecule has 1 aliphatic carbocycles. The van der Waals surface area contributed by atoms with Gasteiger partial charge in [-0.2, -0.15) is 16.7 Å². The molecule has 20 heavy (non-hydrogen) atoms. The van der Waals surface area contributed by atoms with Gasteiger partial charge in [0.05, 0.1) is 7.11 Å². The minimum atomic E-state index is 0.417. The summed E-state index contributed by atoms with van der Waals surface area (Å²) in [5.41, 5.74) is 1.66. The van der Waals surface area contributed by atoms with E-state index in [4.69, 9.17) is 17.0 Å². The number of nitrogens with one attached hydrogen (secondary N) is 1. The van der Waals surface area contributed by atoms with Gasteiger partial charge in [0.25, 0.3) is 0 Å².